The highest BCUT2D eigenvalue weighted by Gasteiger charge is 2.13. The van der Waals surface area contributed by atoms with Crippen LogP contribution < -0.4 is 14.8 Å². The molecule has 0 fully saturated rings. The minimum atomic E-state index is -0.160. The Morgan fingerprint density at radius 1 is 1.19 bits per heavy atom. The van der Waals surface area contributed by atoms with Gasteiger partial charge in [-0.3, -0.25) is 4.79 Å². The summed E-state index contributed by atoms with van der Waals surface area (Å²) in [5.41, 5.74) is 1.64. The van der Waals surface area contributed by atoms with Crippen molar-refractivity contribution in [1.29, 1.82) is 0 Å². The molecule has 0 radical (unpaired) electrons. The van der Waals surface area contributed by atoms with E-state index < -0.39 is 0 Å². The summed E-state index contributed by atoms with van der Waals surface area (Å²) in [5, 5.41) is 4.39. The maximum Gasteiger partial charge on any atom is 0.291 e. The van der Waals surface area contributed by atoms with Gasteiger partial charge in [-0.1, -0.05) is 58.5 Å². The molecule has 5 nitrogen and oxygen atoms in total. The van der Waals surface area contributed by atoms with Crippen LogP contribution in [0, 0.1) is 0 Å². The lowest BCUT2D eigenvalue weighted by Crippen LogP contribution is -2.23. The van der Waals surface area contributed by atoms with E-state index in [1.54, 1.807) is 0 Å². The van der Waals surface area contributed by atoms with E-state index in [9.17, 15) is 4.79 Å². The molecule has 0 aliphatic rings. The second kappa shape index (κ2) is 7.62. The van der Waals surface area contributed by atoms with Crippen molar-refractivity contribution in [2.75, 3.05) is 6.61 Å². The first-order valence-electron chi connectivity index (χ1n) is 8.55. The van der Waals surface area contributed by atoms with Crippen molar-refractivity contribution in [3.63, 3.8) is 0 Å². The fraction of sp³-hybridized carbons (Fsp3) is 0.150. The zero-order valence-electron chi connectivity index (χ0n) is 14.6. The van der Waals surface area contributed by atoms with Gasteiger partial charge in [-0.15, -0.1) is 5.10 Å². The molecule has 4 aromatic rings. The molecule has 0 bridgehead atoms. The van der Waals surface area contributed by atoms with E-state index in [0.29, 0.717) is 21.9 Å². The van der Waals surface area contributed by atoms with E-state index >= 15 is 0 Å². The fourth-order valence-electron chi connectivity index (χ4n) is 2.62. The molecule has 0 unspecified atom stereocenters. The lowest BCUT2D eigenvalue weighted by atomic mass is 10.2. The second-order valence-corrected chi connectivity index (χ2v) is 7.81. The van der Waals surface area contributed by atoms with Gasteiger partial charge in [0.25, 0.3) is 5.56 Å². The fourth-order valence-corrected chi connectivity index (χ4v) is 3.99. The van der Waals surface area contributed by atoms with Gasteiger partial charge in [0, 0.05) is 10.0 Å². The Hall–Kier alpha value is -2.51. The van der Waals surface area contributed by atoms with Crippen LogP contribution in [-0.4, -0.2) is 21.2 Å². The van der Waals surface area contributed by atoms with E-state index in [4.69, 9.17) is 4.74 Å². The molecule has 2 heterocycles. The number of hydrogen-bond donors (Lipinski definition) is 0. The first-order chi connectivity index (χ1) is 13.2. The van der Waals surface area contributed by atoms with E-state index in [2.05, 4.69) is 32.9 Å². The van der Waals surface area contributed by atoms with Crippen molar-refractivity contribution in [2.24, 2.45) is 0 Å². The van der Waals surface area contributed by atoms with E-state index in [1.807, 2.05) is 54.6 Å². The molecule has 0 spiro atoms. The van der Waals surface area contributed by atoms with Crippen LogP contribution in [0.1, 0.15) is 18.9 Å². The number of hydrogen-bond acceptors (Lipinski definition) is 5. The number of aromatic nitrogens is 3. The van der Waals surface area contributed by atoms with Gasteiger partial charge in [0.05, 0.1) is 11.1 Å². The van der Waals surface area contributed by atoms with Crippen LogP contribution in [0.5, 0.6) is 5.75 Å². The molecule has 0 atom stereocenters. The van der Waals surface area contributed by atoms with Gasteiger partial charge >= 0.3 is 0 Å². The second-order valence-electron chi connectivity index (χ2n) is 5.94. The van der Waals surface area contributed by atoms with Crippen LogP contribution >= 0.6 is 27.3 Å². The van der Waals surface area contributed by atoms with Crippen molar-refractivity contribution < 1.29 is 4.74 Å². The lowest BCUT2D eigenvalue weighted by Gasteiger charge is -2.03. The van der Waals surface area contributed by atoms with Crippen LogP contribution in [0.4, 0.5) is 0 Å². The summed E-state index contributed by atoms with van der Waals surface area (Å²) < 4.78 is 8.45. The Labute approximate surface area is 168 Å². The average molecular weight is 442 g/mol. The normalized spacial score (nSPS) is 12.0. The number of ether oxygens (including phenoxy) is 1. The molecule has 0 N–H and O–H groups in total. The predicted molar refractivity (Wildman–Crippen MR) is 111 cm³/mol. The Bertz CT molecular complexity index is 1200. The summed E-state index contributed by atoms with van der Waals surface area (Å²) in [4.78, 5) is 17.8. The highest BCUT2D eigenvalue weighted by atomic mass is 79.9. The third-order valence-corrected chi connectivity index (χ3v) is 5.60. The lowest BCUT2D eigenvalue weighted by molar-refractivity contribution is 0.317. The number of rotatable bonds is 5. The minimum absolute atomic E-state index is 0.160. The summed E-state index contributed by atoms with van der Waals surface area (Å²) in [7, 11) is 0. The third kappa shape index (κ3) is 3.65. The van der Waals surface area contributed by atoms with Crippen LogP contribution in [0.25, 0.3) is 22.4 Å². The largest absolute Gasteiger partial charge is 0.494 e. The number of nitrogens with zero attached hydrogens (tertiary/aromatic N) is 3. The van der Waals surface area contributed by atoms with Crippen molar-refractivity contribution in [2.45, 2.75) is 13.3 Å². The average Bonchev–Trinajstić information content (AvgIpc) is 3.21. The summed E-state index contributed by atoms with van der Waals surface area (Å²) in [6.07, 6.45) is 2.82. The van der Waals surface area contributed by atoms with Crippen LogP contribution in [0.2, 0.25) is 0 Å². The van der Waals surface area contributed by atoms with Crippen LogP contribution in [0.15, 0.2) is 57.8 Å². The maximum atomic E-state index is 12.7. The van der Waals surface area contributed by atoms with E-state index in [-0.39, 0.29) is 5.56 Å². The van der Waals surface area contributed by atoms with Crippen molar-refractivity contribution in [3.8, 4) is 17.1 Å². The number of thiazole rings is 1. The van der Waals surface area contributed by atoms with Crippen molar-refractivity contribution in [1.82, 2.24) is 14.6 Å². The molecule has 7 heteroatoms. The minimum Gasteiger partial charge on any atom is -0.494 e. The first-order valence-corrected chi connectivity index (χ1v) is 10.2. The van der Waals surface area contributed by atoms with Gasteiger partial charge in [0.15, 0.2) is 5.82 Å². The zero-order chi connectivity index (χ0) is 18.8. The van der Waals surface area contributed by atoms with Gasteiger partial charge in [-0.2, -0.15) is 9.50 Å². The monoisotopic (exact) mass is 441 g/mol. The first kappa shape index (κ1) is 17.9. The molecular formula is C20H16BrN3O2S. The molecule has 4 rings (SSSR count). The number of halogens is 1. The molecule has 0 aliphatic carbocycles. The smallest absolute Gasteiger partial charge is 0.291 e. The van der Waals surface area contributed by atoms with Crippen LogP contribution in [-0.2, 0) is 0 Å². The SMILES string of the molecule is CCCOc1ccc(C=c2sc3nc(-c4ccccc4Br)nn3c2=O)cc1. The van der Waals surface area contributed by atoms with Gasteiger partial charge in [-0.25, -0.2) is 0 Å². The van der Waals surface area contributed by atoms with Crippen molar-refractivity contribution in [3.05, 3.63) is 73.5 Å². The van der Waals surface area contributed by atoms with Crippen molar-refractivity contribution >= 4 is 38.3 Å². The van der Waals surface area contributed by atoms with Gasteiger partial charge in [-0.05, 0) is 42.3 Å². The van der Waals surface area contributed by atoms with Gasteiger partial charge in [0.2, 0.25) is 4.96 Å². The predicted octanol–water partition coefficient (Wildman–Crippen LogP) is 3.92. The molecule has 27 heavy (non-hydrogen) atoms. The van der Waals surface area contributed by atoms with Crippen LogP contribution in [0.3, 0.4) is 0 Å². The highest BCUT2D eigenvalue weighted by Crippen LogP contribution is 2.25. The number of fused-ring (bicyclic) bond motifs is 1. The number of benzene rings is 2. The maximum absolute atomic E-state index is 12.7. The third-order valence-electron chi connectivity index (χ3n) is 3.95. The summed E-state index contributed by atoms with van der Waals surface area (Å²) in [6.45, 7) is 2.77. The standard InChI is InChI=1S/C20H16BrN3O2S/c1-2-11-26-14-9-7-13(8-10-14)12-17-19(25)24-20(27-17)22-18(23-24)15-5-3-4-6-16(15)21/h3-10,12H,2,11H2,1H3. The molecule has 0 amide bonds. The van der Waals surface area contributed by atoms with E-state index in [0.717, 1.165) is 27.8 Å². The highest BCUT2D eigenvalue weighted by molar-refractivity contribution is 9.10. The quantitative estimate of drug-likeness (QED) is 0.470. The Kier molecular flexibility index (Phi) is 5.05. The Balaban J connectivity index is 1.68. The summed E-state index contributed by atoms with van der Waals surface area (Å²) >= 11 is 4.83. The summed E-state index contributed by atoms with van der Waals surface area (Å²) in [6, 6.07) is 15.4. The van der Waals surface area contributed by atoms with E-state index in [1.165, 1.54) is 15.9 Å². The molecule has 0 saturated heterocycles. The summed E-state index contributed by atoms with van der Waals surface area (Å²) in [5.74, 6) is 1.37. The molecular weight excluding hydrogens is 426 g/mol. The van der Waals surface area contributed by atoms with Gasteiger partial charge < -0.3 is 4.74 Å². The molecule has 2 aromatic heterocycles. The van der Waals surface area contributed by atoms with Gasteiger partial charge in [0.1, 0.15) is 5.75 Å². The molecule has 0 saturated carbocycles. The molecule has 136 valence electrons. The molecule has 0 aliphatic heterocycles. The molecule has 2 aromatic carbocycles. The topological polar surface area (TPSA) is 56.5 Å². The zero-order valence-corrected chi connectivity index (χ0v) is 17.0. The Morgan fingerprint density at radius 2 is 1.96 bits per heavy atom. The Morgan fingerprint density at radius 3 is 2.67 bits per heavy atom.